The van der Waals surface area contributed by atoms with Gasteiger partial charge in [0.2, 0.25) is 5.91 Å². The molecule has 1 atom stereocenters. The summed E-state index contributed by atoms with van der Waals surface area (Å²) in [4.78, 5) is 18.3. The Bertz CT molecular complexity index is 708. The number of carbonyl (C=O) groups is 1. The average molecular weight is 344 g/mol. The van der Waals surface area contributed by atoms with E-state index in [2.05, 4.69) is 4.98 Å². The van der Waals surface area contributed by atoms with E-state index in [9.17, 15) is 14.3 Å². The zero-order chi connectivity index (χ0) is 17.7. The van der Waals surface area contributed by atoms with Crippen LogP contribution in [0.1, 0.15) is 11.1 Å². The van der Waals surface area contributed by atoms with E-state index in [0.29, 0.717) is 26.1 Å². The highest BCUT2D eigenvalue weighted by Gasteiger charge is 2.38. The van der Waals surface area contributed by atoms with Gasteiger partial charge in [-0.25, -0.2) is 4.39 Å². The number of halogens is 1. The summed E-state index contributed by atoms with van der Waals surface area (Å²) in [6, 6.07) is 9.78. The topological polar surface area (TPSA) is 62.7 Å². The van der Waals surface area contributed by atoms with E-state index in [1.165, 1.54) is 12.1 Å². The molecule has 2 aromatic rings. The van der Waals surface area contributed by atoms with Crippen LogP contribution in [0.3, 0.4) is 0 Å². The molecule has 2 heterocycles. The molecule has 5 nitrogen and oxygen atoms in total. The summed E-state index contributed by atoms with van der Waals surface area (Å²) in [5, 5.41) is 9.90. The number of aliphatic hydroxyl groups excluding tert-OH is 1. The van der Waals surface area contributed by atoms with Crippen LogP contribution >= 0.6 is 0 Å². The van der Waals surface area contributed by atoms with Crippen molar-refractivity contribution in [2.75, 3.05) is 26.3 Å². The third-order valence-corrected chi connectivity index (χ3v) is 4.41. The van der Waals surface area contributed by atoms with Crippen molar-refractivity contribution in [3.8, 4) is 0 Å². The number of hydrogen-bond donors (Lipinski definition) is 1. The van der Waals surface area contributed by atoms with Crippen LogP contribution in [-0.4, -0.2) is 52.8 Å². The molecule has 132 valence electrons. The Kier molecular flexibility index (Phi) is 5.40. The second-order valence-electron chi connectivity index (χ2n) is 6.35. The predicted octanol–water partition coefficient (Wildman–Crippen LogP) is 1.60. The smallest absolute Gasteiger partial charge is 0.227 e. The highest BCUT2D eigenvalue weighted by Crippen LogP contribution is 2.24. The minimum atomic E-state index is -0.860. The Morgan fingerprint density at radius 3 is 2.76 bits per heavy atom. The molecular formula is C19H21FN2O3. The standard InChI is InChI=1S/C19H21FN2O3/c20-17-5-3-15(4-6-17)11-19(14-23)13-22(8-9-25-19)18(24)10-16-2-1-7-21-12-16/h1-7,12,23H,8-11,13-14H2/t19-/m1/s1. The Morgan fingerprint density at radius 1 is 1.28 bits per heavy atom. The Hall–Kier alpha value is -2.31. The maximum absolute atomic E-state index is 13.1. The Morgan fingerprint density at radius 2 is 2.08 bits per heavy atom. The molecule has 0 radical (unpaired) electrons. The molecular weight excluding hydrogens is 323 g/mol. The third-order valence-electron chi connectivity index (χ3n) is 4.41. The Balaban J connectivity index is 1.69. The molecule has 0 aliphatic carbocycles. The van der Waals surface area contributed by atoms with E-state index >= 15 is 0 Å². The molecule has 1 fully saturated rings. The minimum absolute atomic E-state index is 0.0202. The zero-order valence-electron chi connectivity index (χ0n) is 13.9. The van der Waals surface area contributed by atoms with Crippen molar-refractivity contribution in [3.05, 3.63) is 65.7 Å². The van der Waals surface area contributed by atoms with Gasteiger partial charge in [-0.15, -0.1) is 0 Å². The number of pyridine rings is 1. The summed E-state index contributed by atoms with van der Waals surface area (Å²) < 4.78 is 18.9. The van der Waals surface area contributed by atoms with Crippen molar-refractivity contribution in [2.24, 2.45) is 0 Å². The first-order valence-corrected chi connectivity index (χ1v) is 8.26. The highest BCUT2D eigenvalue weighted by atomic mass is 19.1. The lowest BCUT2D eigenvalue weighted by Gasteiger charge is -2.42. The fraction of sp³-hybridized carbons (Fsp3) is 0.368. The van der Waals surface area contributed by atoms with Crippen LogP contribution in [0.25, 0.3) is 0 Å². The fourth-order valence-corrected chi connectivity index (χ4v) is 3.08. The summed E-state index contributed by atoms with van der Waals surface area (Å²) >= 11 is 0. The van der Waals surface area contributed by atoms with E-state index in [0.717, 1.165) is 11.1 Å². The summed E-state index contributed by atoms with van der Waals surface area (Å²) in [6.45, 7) is 0.950. The number of carbonyl (C=O) groups excluding carboxylic acids is 1. The van der Waals surface area contributed by atoms with Gasteiger partial charge >= 0.3 is 0 Å². The van der Waals surface area contributed by atoms with Crippen LogP contribution in [0.5, 0.6) is 0 Å². The predicted molar refractivity (Wildman–Crippen MR) is 90.4 cm³/mol. The molecule has 0 unspecified atom stereocenters. The number of aliphatic hydroxyl groups is 1. The molecule has 0 spiro atoms. The quantitative estimate of drug-likeness (QED) is 0.895. The van der Waals surface area contributed by atoms with Crippen LogP contribution in [-0.2, 0) is 22.4 Å². The average Bonchev–Trinajstić information content (AvgIpc) is 2.65. The van der Waals surface area contributed by atoms with Gasteiger partial charge in [0, 0.05) is 25.4 Å². The maximum Gasteiger partial charge on any atom is 0.227 e. The number of rotatable bonds is 5. The molecule has 1 aromatic heterocycles. The molecule has 1 aliphatic rings. The van der Waals surface area contributed by atoms with Gasteiger partial charge in [0.1, 0.15) is 11.4 Å². The molecule has 1 aliphatic heterocycles. The number of ether oxygens (including phenoxy) is 1. The lowest BCUT2D eigenvalue weighted by atomic mass is 9.93. The van der Waals surface area contributed by atoms with E-state index in [-0.39, 0.29) is 24.8 Å². The molecule has 25 heavy (non-hydrogen) atoms. The molecule has 0 bridgehead atoms. The summed E-state index contributed by atoms with van der Waals surface area (Å²) in [6.07, 6.45) is 4.03. The van der Waals surface area contributed by atoms with E-state index in [1.807, 2.05) is 6.07 Å². The van der Waals surface area contributed by atoms with Crippen molar-refractivity contribution >= 4 is 5.91 Å². The number of hydrogen-bond acceptors (Lipinski definition) is 4. The first-order chi connectivity index (χ1) is 12.1. The largest absolute Gasteiger partial charge is 0.393 e. The van der Waals surface area contributed by atoms with Gasteiger partial charge in [-0.05, 0) is 29.3 Å². The van der Waals surface area contributed by atoms with Gasteiger partial charge < -0.3 is 14.7 Å². The molecule has 0 saturated carbocycles. The van der Waals surface area contributed by atoms with Gasteiger partial charge in [0.15, 0.2) is 0 Å². The lowest BCUT2D eigenvalue weighted by molar-refractivity contribution is -0.157. The monoisotopic (exact) mass is 344 g/mol. The molecule has 1 aromatic carbocycles. The van der Waals surface area contributed by atoms with Crippen molar-refractivity contribution in [2.45, 2.75) is 18.4 Å². The van der Waals surface area contributed by atoms with Gasteiger partial charge in [-0.2, -0.15) is 0 Å². The summed E-state index contributed by atoms with van der Waals surface area (Å²) in [7, 11) is 0. The number of benzene rings is 1. The van der Waals surface area contributed by atoms with Gasteiger partial charge in [0.25, 0.3) is 0 Å². The lowest BCUT2D eigenvalue weighted by Crippen LogP contribution is -2.57. The first kappa shape index (κ1) is 17.5. The van der Waals surface area contributed by atoms with Gasteiger partial charge in [-0.1, -0.05) is 18.2 Å². The minimum Gasteiger partial charge on any atom is -0.393 e. The van der Waals surface area contributed by atoms with E-state index in [4.69, 9.17) is 4.74 Å². The van der Waals surface area contributed by atoms with Crippen molar-refractivity contribution in [3.63, 3.8) is 0 Å². The second kappa shape index (κ2) is 7.72. The van der Waals surface area contributed by atoms with Crippen LogP contribution < -0.4 is 0 Å². The van der Waals surface area contributed by atoms with E-state index in [1.54, 1.807) is 35.5 Å². The van der Waals surface area contributed by atoms with Crippen LogP contribution in [0.2, 0.25) is 0 Å². The van der Waals surface area contributed by atoms with Crippen LogP contribution in [0.4, 0.5) is 4.39 Å². The van der Waals surface area contributed by atoms with Crippen molar-refractivity contribution in [1.82, 2.24) is 9.88 Å². The zero-order valence-corrected chi connectivity index (χ0v) is 13.9. The van der Waals surface area contributed by atoms with Gasteiger partial charge in [-0.3, -0.25) is 9.78 Å². The molecule has 6 heteroatoms. The summed E-state index contributed by atoms with van der Waals surface area (Å²) in [5.74, 6) is -0.326. The molecule has 1 amide bonds. The molecule has 1 N–H and O–H groups in total. The fourth-order valence-electron chi connectivity index (χ4n) is 3.08. The van der Waals surface area contributed by atoms with Crippen molar-refractivity contribution < 1.29 is 19.0 Å². The molecule has 1 saturated heterocycles. The number of nitrogens with zero attached hydrogens (tertiary/aromatic N) is 2. The number of morpholine rings is 1. The molecule has 3 rings (SSSR count). The van der Waals surface area contributed by atoms with E-state index < -0.39 is 5.60 Å². The Labute approximate surface area is 146 Å². The number of aromatic nitrogens is 1. The third kappa shape index (κ3) is 4.41. The van der Waals surface area contributed by atoms with Gasteiger partial charge in [0.05, 0.1) is 26.2 Å². The maximum atomic E-state index is 13.1. The van der Waals surface area contributed by atoms with Crippen LogP contribution in [0.15, 0.2) is 48.8 Å². The van der Waals surface area contributed by atoms with Crippen LogP contribution in [0, 0.1) is 5.82 Å². The second-order valence-corrected chi connectivity index (χ2v) is 6.35. The normalized spacial score (nSPS) is 20.5. The first-order valence-electron chi connectivity index (χ1n) is 8.26. The SMILES string of the molecule is O=C(Cc1cccnc1)N1CCO[C@](CO)(Cc2ccc(F)cc2)C1. The number of amides is 1. The summed E-state index contributed by atoms with van der Waals surface area (Å²) in [5.41, 5.74) is 0.852. The van der Waals surface area contributed by atoms with Crippen molar-refractivity contribution in [1.29, 1.82) is 0 Å². The highest BCUT2D eigenvalue weighted by molar-refractivity contribution is 5.78.